The molecule has 0 bridgehead atoms. The first-order valence-corrected chi connectivity index (χ1v) is 12.1. The third kappa shape index (κ3) is 11.4. The third-order valence-corrected chi connectivity index (χ3v) is 5.80. The van der Waals surface area contributed by atoms with Crippen LogP contribution in [-0.2, 0) is 25.5 Å². The summed E-state index contributed by atoms with van der Waals surface area (Å²) in [4.78, 5) is 38.2. The highest BCUT2D eigenvalue weighted by atomic mass is 16.5. The summed E-state index contributed by atoms with van der Waals surface area (Å²) in [5.74, 6) is -1.94. The quantitative estimate of drug-likeness (QED) is 0.260. The van der Waals surface area contributed by atoms with E-state index in [0.29, 0.717) is 19.3 Å². The molecule has 7 heteroatoms. The number of nitrogens with one attached hydrogen (secondary N) is 2. The monoisotopic (exact) mass is 486 g/mol. The van der Waals surface area contributed by atoms with Crippen molar-refractivity contribution in [2.75, 3.05) is 13.2 Å². The van der Waals surface area contributed by atoms with Gasteiger partial charge in [-0.3, -0.25) is 14.4 Å². The van der Waals surface area contributed by atoms with Crippen molar-refractivity contribution in [2.24, 2.45) is 17.3 Å². The van der Waals surface area contributed by atoms with E-state index in [0.717, 1.165) is 5.56 Å². The standard InChI is InChI=1S/C28H42N2O5/c1-7-12-22(17-25(32)29-20(3)18-31)26(33)30-24(28(4,5)6)19-35-27(34)23(13-8-2)16-21-14-10-9-11-15-21/h7-11,14-15,20,22-24,31H,1-2,12-13,16-19H2,3-6H3,(H,29,32)(H,30,33)/t20-,22-,23-,24-/m1/s1. The number of rotatable bonds is 15. The molecule has 0 saturated heterocycles. The van der Waals surface area contributed by atoms with Gasteiger partial charge in [-0.15, -0.1) is 13.2 Å². The number of allylic oxidation sites excluding steroid dienone is 2. The zero-order valence-electron chi connectivity index (χ0n) is 21.6. The molecule has 2 amide bonds. The van der Waals surface area contributed by atoms with Crippen LogP contribution >= 0.6 is 0 Å². The highest BCUT2D eigenvalue weighted by molar-refractivity contribution is 5.86. The van der Waals surface area contributed by atoms with E-state index in [1.54, 1.807) is 19.1 Å². The van der Waals surface area contributed by atoms with Crippen molar-refractivity contribution in [3.8, 4) is 0 Å². The van der Waals surface area contributed by atoms with Crippen LogP contribution in [0.25, 0.3) is 0 Å². The van der Waals surface area contributed by atoms with Crippen molar-refractivity contribution in [3.05, 3.63) is 61.2 Å². The second kappa shape index (κ2) is 15.1. The third-order valence-electron chi connectivity index (χ3n) is 5.80. The van der Waals surface area contributed by atoms with Crippen LogP contribution in [-0.4, -0.2) is 48.2 Å². The van der Waals surface area contributed by atoms with Crippen LogP contribution in [0.15, 0.2) is 55.6 Å². The average Bonchev–Trinajstić information content (AvgIpc) is 2.80. The predicted molar refractivity (Wildman–Crippen MR) is 138 cm³/mol. The second-order valence-corrected chi connectivity index (χ2v) is 10.0. The van der Waals surface area contributed by atoms with E-state index in [2.05, 4.69) is 23.8 Å². The molecule has 0 unspecified atom stereocenters. The Morgan fingerprint density at radius 1 is 1.03 bits per heavy atom. The van der Waals surface area contributed by atoms with E-state index in [9.17, 15) is 14.4 Å². The molecule has 7 nitrogen and oxygen atoms in total. The molecule has 35 heavy (non-hydrogen) atoms. The summed E-state index contributed by atoms with van der Waals surface area (Å²) >= 11 is 0. The highest BCUT2D eigenvalue weighted by Gasteiger charge is 2.31. The minimum Gasteiger partial charge on any atom is -0.463 e. The molecule has 0 spiro atoms. The number of aliphatic hydroxyl groups is 1. The van der Waals surface area contributed by atoms with Crippen LogP contribution < -0.4 is 10.6 Å². The smallest absolute Gasteiger partial charge is 0.309 e. The maximum absolute atomic E-state index is 13.1. The number of esters is 1. The fraction of sp³-hybridized carbons (Fsp3) is 0.536. The Bertz CT molecular complexity index is 831. The Labute approximate surface area is 210 Å². The largest absolute Gasteiger partial charge is 0.463 e. The van der Waals surface area contributed by atoms with Gasteiger partial charge in [0.15, 0.2) is 0 Å². The first-order valence-electron chi connectivity index (χ1n) is 12.1. The van der Waals surface area contributed by atoms with Gasteiger partial charge >= 0.3 is 5.97 Å². The molecule has 0 aliphatic heterocycles. The summed E-state index contributed by atoms with van der Waals surface area (Å²) < 4.78 is 5.68. The van der Waals surface area contributed by atoms with Crippen molar-refractivity contribution in [2.45, 2.75) is 65.5 Å². The van der Waals surface area contributed by atoms with E-state index in [1.807, 2.05) is 51.1 Å². The Morgan fingerprint density at radius 3 is 2.17 bits per heavy atom. The van der Waals surface area contributed by atoms with Gasteiger partial charge in [-0.1, -0.05) is 63.3 Å². The number of benzene rings is 1. The molecule has 194 valence electrons. The van der Waals surface area contributed by atoms with Crippen LogP contribution in [0.5, 0.6) is 0 Å². The van der Waals surface area contributed by atoms with Crippen molar-refractivity contribution in [1.82, 2.24) is 10.6 Å². The van der Waals surface area contributed by atoms with Crippen molar-refractivity contribution in [3.63, 3.8) is 0 Å². The lowest BCUT2D eigenvalue weighted by atomic mass is 9.86. The van der Waals surface area contributed by atoms with Gasteiger partial charge in [0.1, 0.15) is 6.61 Å². The fourth-order valence-corrected chi connectivity index (χ4v) is 3.53. The van der Waals surface area contributed by atoms with Crippen LogP contribution in [0.2, 0.25) is 0 Å². The van der Waals surface area contributed by atoms with E-state index >= 15 is 0 Å². The number of carbonyl (C=O) groups is 3. The summed E-state index contributed by atoms with van der Waals surface area (Å²) in [6, 6.07) is 8.89. The minimum atomic E-state index is -0.620. The van der Waals surface area contributed by atoms with Crippen LogP contribution in [0.1, 0.15) is 52.5 Å². The lowest BCUT2D eigenvalue weighted by molar-refractivity contribution is -0.150. The Hall–Kier alpha value is -2.93. The first kappa shape index (κ1) is 30.1. The Kier molecular flexibility index (Phi) is 13.0. The van der Waals surface area contributed by atoms with Gasteiger partial charge in [0.2, 0.25) is 11.8 Å². The molecule has 4 atom stereocenters. The van der Waals surface area contributed by atoms with Gasteiger partial charge in [-0.25, -0.2) is 0 Å². The number of hydrogen-bond donors (Lipinski definition) is 3. The SMILES string of the molecule is C=CC[C@H](CC(=O)N[C@H](C)CO)C(=O)N[C@H](COC(=O)[C@H](CC=C)Cc1ccccc1)C(C)(C)C. The fourth-order valence-electron chi connectivity index (χ4n) is 3.53. The van der Waals surface area contributed by atoms with Gasteiger partial charge < -0.3 is 20.5 Å². The molecule has 0 aliphatic carbocycles. The molecule has 0 aromatic heterocycles. The van der Waals surface area contributed by atoms with Gasteiger partial charge in [0.25, 0.3) is 0 Å². The Balaban J connectivity index is 2.84. The number of hydrogen-bond acceptors (Lipinski definition) is 5. The number of aliphatic hydroxyl groups excluding tert-OH is 1. The van der Waals surface area contributed by atoms with Crippen LogP contribution in [0.3, 0.4) is 0 Å². The van der Waals surface area contributed by atoms with E-state index in [1.165, 1.54) is 0 Å². The van der Waals surface area contributed by atoms with Crippen LogP contribution in [0.4, 0.5) is 0 Å². The second-order valence-electron chi connectivity index (χ2n) is 10.0. The zero-order chi connectivity index (χ0) is 26.4. The lowest BCUT2D eigenvalue weighted by Crippen LogP contribution is -2.50. The summed E-state index contributed by atoms with van der Waals surface area (Å²) in [5.41, 5.74) is 0.647. The van der Waals surface area contributed by atoms with Crippen molar-refractivity contribution < 1.29 is 24.2 Å². The lowest BCUT2D eigenvalue weighted by Gasteiger charge is -2.32. The molecule has 0 radical (unpaired) electrons. The molecule has 3 N–H and O–H groups in total. The molecule has 1 aromatic rings. The first-order chi connectivity index (χ1) is 16.5. The van der Waals surface area contributed by atoms with Gasteiger partial charge in [-0.2, -0.15) is 0 Å². The zero-order valence-corrected chi connectivity index (χ0v) is 21.6. The molecule has 0 aliphatic rings. The van der Waals surface area contributed by atoms with E-state index in [4.69, 9.17) is 9.84 Å². The molecule has 0 heterocycles. The topological polar surface area (TPSA) is 105 Å². The molecular formula is C28H42N2O5. The number of ether oxygens (including phenoxy) is 1. The highest BCUT2D eigenvalue weighted by Crippen LogP contribution is 2.22. The normalized spacial score (nSPS) is 14.7. The predicted octanol–water partition coefficient (Wildman–Crippen LogP) is 3.57. The molecule has 1 aromatic carbocycles. The summed E-state index contributed by atoms with van der Waals surface area (Å²) in [7, 11) is 0. The number of carbonyl (C=O) groups excluding carboxylic acids is 3. The van der Waals surface area contributed by atoms with E-state index in [-0.39, 0.29) is 43.3 Å². The van der Waals surface area contributed by atoms with Gasteiger partial charge in [0.05, 0.1) is 24.5 Å². The molecule has 0 saturated carbocycles. The van der Waals surface area contributed by atoms with Crippen molar-refractivity contribution in [1.29, 1.82) is 0 Å². The molecule has 1 rings (SSSR count). The average molecular weight is 487 g/mol. The summed E-state index contributed by atoms with van der Waals surface area (Å²) in [6.07, 6.45) is 4.63. The minimum absolute atomic E-state index is 0.0189. The Morgan fingerprint density at radius 2 is 1.63 bits per heavy atom. The summed E-state index contributed by atoms with van der Waals surface area (Å²) in [5, 5.41) is 14.8. The van der Waals surface area contributed by atoms with E-state index < -0.39 is 23.4 Å². The summed E-state index contributed by atoms with van der Waals surface area (Å²) in [6.45, 7) is 14.8. The number of amides is 2. The van der Waals surface area contributed by atoms with Gasteiger partial charge in [0, 0.05) is 12.5 Å². The molecule has 0 fully saturated rings. The molecular weight excluding hydrogens is 444 g/mol. The van der Waals surface area contributed by atoms with Crippen molar-refractivity contribution >= 4 is 17.8 Å². The van der Waals surface area contributed by atoms with Crippen LogP contribution in [0, 0.1) is 17.3 Å². The maximum atomic E-state index is 13.1. The maximum Gasteiger partial charge on any atom is 0.309 e. The van der Waals surface area contributed by atoms with Gasteiger partial charge in [-0.05, 0) is 37.2 Å².